The molecule has 0 radical (unpaired) electrons. The van der Waals surface area contributed by atoms with Gasteiger partial charge in [-0.15, -0.1) is 16.4 Å². The van der Waals surface area contributed by atoms with Gasteiger partial charge >= 0.3 is 0 Å². The van der Waals surface area contributed by atoms with E-state index in [2.05, 4.69) is 5.10 Å². The van der Waals surface area contributed by atoms with Crippen molar-refractivity contribution in [2.75, 3.05) is 13.4 Å². The van der Waals surface area contributed by atoms with Crippen LogP contribution in [-0.4, -0.2) is 31.6 Å². The van der Waals surface area contributed by atoms with Gasteiger partial charge in [0.15, 0.2) is 9.84 Å². The first-order chi connectivity index (χ1) is 13.9. The molecule has 0 amide bonds. The van der Waals surface area contributed by atoms with E-state index in [1.54, 1.807) is 30.0 Å². The van der Waals surface area contributed by atoms with Crippen LogP contribution in [0.1, 0.15) is 0 Å². The summed E-state index contributed by atoms with van der Waals surface area (Å²) in [7, 11) is -1.69. The van der Waals surface area contributed by atoms with Gasteiger partial charge < -0.3 is 4.74 Å². The van der Waals surface area contributed by atoms with Crippen LogP contribution in [0.25, 0.3) is 26.6 Å². The lowest BCUT2D eigenvalue weighted by Gasteiger charge is -2.02. The zero-order chi connectivity index (χ0) is 20.6. The quantitative estimate of drug-likeness (QED) is 0.417. The summed E-state index contributed by atoms with van der Waals surface area (Å²) in [6.07, 6.45) is 3.09. The highest BCUT2D eigenvalue weighted by atomic mass is 35.5. The molecule has 0 atom stereocenters. The van der Waals surface area contributed by atoms with Gasteiger partial charge in [0.1, 0.15) is 0 Å². The number of hydrogen-bond donors (Lipinski definition) is 0. The number of sulfone groups is 1. The normalized spacial score (nSPS) is 11.6. The first kappa shape index (κ1) is 19.7. The number of rotatable bonds is 5. The Morgan fingerprint density at radius 1 is 1.03 bits per heavy atom. The van der Waals surface area contributed by atoms with E-state index >= 15 is 0 Å². The first-order valence-corrected chi connectivity index (χ1v) is 11.7. The Labute approximate surface area is 178 Å². The Hall–Kier alpha value is -2.61. The Kier molecular flexibility index (Phi) is 5.21. The van der Waals surface area contributed by atoms with E-state index in [0.29, 0.717) is 15.8 Å². The molecule has 5 nitrogen and oxygen atoms in total. The van der Waals surface area contributed by atoms with Crippen molar-refractivity contribution in [1.82, 2.24) is 9.78 Å². The van der Waals surface area contributed by atoms with Gasteiger partial charge in [0.2, 0.25) is 5.88 Å². The van der Waals surface area contributed by atoms with Crippen LogP contribution < -0.4 is 4.74 Å². The van der Waals surface area contributed by atoms with Crippen molar-refractivity contribution in [3.63, 3.8) is 0 Å². The Balaban J connectivity index is 1.75. The van der Waals surface area contributed by atoms with Crippen LogP contribution in [0.3, 0.4) is 0 Å². The minimum absolute atomic E-state index is 0.300. The van der Waals surface area contributed by atoms with E-state index in [9.17, 15) is 8.42 Å². The van der Waals surface area contributed by atoms with Gasteiger partial charge in [-0.3, -0.25) is 0 Å². The molecule has 0 fully saturated rings. The van der Waals surface area contributed by atoms with E-state index in [1.807, 2.05) is 48.7 Å². The van der Waals surface area contributed by atoms with E-state index < -0.39 is 9.84 Å². The van der Waals surface area contributed by atoms with Crippen LogP contribution in [0.4, 0.5) is 0 Å². The molecule has 0 unspecified atom stereocenters. The zero-order valence-electron chi connectivity index (χ0n) is 15.7. The zero-order valence-corrected chi connectivity index (χ0v) is 18.1. The molecule has 0 saturated heterocycles. The van der Waals surface area contributed by atoms with Crippen LogP contribution in [-0.2, 0) is 9.84 Å². The molecule has 2 aromatic carbocycles. The predicted octanol–water partition coefficient (Wildman–Crippen LogP) is 5.33. The second-order valence-electron chi connectivity index (χ2n) is 6.41. The summed E-state index contributed by atoms with van der Waals surface area (Å²) >= 11 is 7.84. The monoisotopic (exact) mass is 444 g/mol. The summed E-state index contributed by atoms with van der Waals surface area (Å²) in [5.74, 6) is 0.489. The van der Waals surface area contributed by atoms with E-state index in [4.69, 9.17) is 16.3 Å². The molecule has 0 N–H and O–H groups in total. The highest BCUT2D eigenvalue weighted by Crippen LogP contribution is 2.39. The highest BCUT2D eigenvalue weighted by Gasteiger charge is 2.17. The van der Waals surface area contributed by atoms with Gasteiger partial charge in [-0.25, -0.2) is 13.1 Å². The van der Waals surface area contributed by atoms with Crippen molar-refractivity contribution in [3.8, 4) is 32.4 Å². The van der Waals surface area contributed by atoms with Crippen LogP contribution in [0, 0.1) is 0 Å². The maximum absolute atomic E-state index is 11.9. The number of thiophene rings is 1. The van der Waals surface area contributed by atoms with Gasteiger partial charge in [0, 0.05) is 22.2 Å². The summed E-state index contributed by atoms with van der Waals surface area (Å²) < 4.78 is 30.9. The van der Waals surface area contributed by atoms with E-state index in [0.717, 1.165) is 26.6 Å². The molecule has 148 valence electrons. The van der Waals surface area contributed by atoms with Crippen molar-refractivity contribution < 1.29 is 13.2 Å². The maximum Gasteiger partial charge on any atom is 0.241 e. The second-order valence-corrected chi connectivity index (χ2v) is 9.92. The molecule has 0 aliphatic carbocycles. The lowest BCUT2D eigenvalue weighted by molar-refractivity contribution is 0.395. The first-order valence-electron chi connectivity index (χ1n) is 8.66. The van der Waals surface area contributed by atoms with Gasteiger partial charge in [-0.1, -0.05) is 35.9 Å². The molecular weight excluding hydrogens is 428 g/mol. The summed E-state index contributed by atoms with van der Waals surface area (Å²) in [5, 5.41) is 5.09. The molecule has 0 bridgehead atoms. The molecule has 4 rings (SSSR count). The van der Waals surface area contributed by atoms with Gasteiger partial charge in [0.05, 0.1) is 28.3 Å². The smallest absolute Gasteiger partial charge is 0.241 e. The molecule has 0 saturated carbocycles. The van der Waals surface area contributed by atoms with E-state index in [1.165, 1.54) is 17.6 Å². The average molecular weight is 445 g/mol. The summed E-state index contributed by atoms with van der Waals surface area (Å²) in [6, 6.07) is 18.3. The lowest BCUT2D eigenvalue weighted by atomic mass is 10.2. The molecule has 0 aliphatic rings. The van der Waals surface area contributed by atoms with Gasteiger partial charge in [0.25, 0.3) is 0 Å². The summed E-state index contributed by atoms with van der Waals surface area (Å²) in [4.78, 5) is 2.21. The summed E-state index contributed by atoms with van der Waals surface area (Å²) in [6.45, 7) is 0. The number of benzene rings is 2. The fourth-order valence-electron chi connectivity index (χ4n) is 2.96. The van der Waals surface area contributed by atoms with E-state index in [-0.39, 0.29) is 0 Å². The third kappa shape index (κ3) is 3.94. The number of halogens is 1. The second kappa shape index (κ2) is 7.67. The number of para-hydroxylation sites is 1. The molecule has 8 heteroatoms. The van der Waals surface area contributed by atoms with Crippen molar-refractivity contribution in [2.24, 2.45) is 0 Å². The highest BCUT2D eigenvalue weighted by molar-refractivity contribution is 7.90. The molecule has 0 aliphatic heterocycles. The molecule has 29 heavy (non-hydrogen) atoms. The van der Waals surface area contributed by atoms with Crippen molar-refractivity contribution in [1.29, 1.82) is 0 Å². The lowest BCUT2D eigenvalue weighted by Crippen LogP contribution is -1.96. The fourth-order valence-corrected chi connectivity index (χ4v) is 4.85. The van der Waals surface area contributed by atoms with Crippen molar-refractivity contribution in [3.05, 3.63) is 71.9 Å². The fraction of sp³-hybridized carbons (Fsp3) is 0.0952. The number of methoxy groups -OCH3 is 1. The SMILES string of the molecule is COc1nn(-c2ccccc2Cl)cc1-c1ccc(-c2cccc(S(C)(=O)=O)c2)s1. The van der Waals surface area contributed by atoms with Gasteiger partial charge in [-0.2, -0.15) is 0 Å². The topological polar surface area (TPSA) is 61.2 Å². The number of aromatic nitrogens is 2. The molecular formula is C21H17ClN2O3S2. The van der Waals surface area contributed by atoms with Crippen LogP contribution in [0.2, 0.25) is 5.02 Å². The number of hydrogen-bond acceptors (Lipinski definition) is 5. The molecule has 4 aromatic rings. The Morgan fingerprint density at radius 2 is 1.79 bits per heavy atom. The average Bonchev–Trinajstić information content (AvgIpc) is 3.35. The van der Waals surface area contributed by atoms with Crippen molar-refractivity contribution >= 4 is 32.8 Å². The molecule has 2 aromatic heterocycles. The van der Waals surface area contributed by atoms with Crippen LogP contribution in [0.15, 0.2) is 71.8 Å². The summed E-state index contributed by atoms with van der Waals surface area (Å²) in [5.41, 5.74) is 2.45. The van der Waals surface area contributed by atoms with Crippen LogP contribution >= 0.6 is 22.9 Å². The van der Waals surface area contributed by atoms with Crippen LogP contribution in [0.5, 0.6) is 5.88 Å². The maximum atomic E-state index is 11.9. The number of nitrogens with zero attached hydrogens (tertiary/aromatic N) is 2. The molecule has 2 heterocycles. The third-order valence-corrected chi connectivity index (χ3v) is 6.99. The predicted molar refractivity (Wildman–Crippen MR) is 117 cm³/mol. The Morgan fingerprint density at radius 3 is 2.52 bits per heavy atom. The standard InChI is InChI=1S/C21H17ClN2O3S2/c1-27-21-16(13-24(23-21)18-9-4-3-8-17(18)22)20-11-10-19(28-20)14-6-5-7-15(12-14)29(2,25)26/h3-13H,1-2H3. The number of ether oxygens (including phenoxy) is 1. The Bertz CT molecular complexity index is 1290. The third-order valence-electron chi connectivity index (χ3n) is 4.39. The minimum Gasteiger partial charge on any atom is -0.479 e. The molecule has 0 spiro atoms. The van der Waals surface area contributed by atoms with Crippen molar-refractivity contribution in [2.45, 2.75) is 4.90 Å². The largest absolute Gasteiger partial charge is 0.479 e. The minimum atomic E-state index is -3.26. The van der Waals surface area contributed by atoms with Gasteiger partial charge in [-0.05, 0) is 42.0 Å².